The second-order valence-corrected chi connectivity index (χ2v) is 17.0. The first-order valence-electron chi connectivity index (χ1n) is 17.5. The van der Waals surface area contributed by atoms with Gasteiger partial charge in [-0.15, -0.1) is 0 Å². The lowest BCUT2D eigenvalue weighted by Gasteiger charge is -2.35. The standard InChI is InChI=1S/C48H33NOSi/c1-4-15-36(16-5-1)49-43-23-12-10-22-42(43)48-44(49)24-14-26-47(48)51(37-17-6-2-7-18-37,38-19-8-3-9-20-38)39-30-27-34(28-31-39)35-29-32-41-40-21-11-13-25-45(40)50-46(41)33-35/h1-33H. The zero-order chi connectivity index (χ0) is 33.8. The van der Waals surface area contributed by atoms with Crippen LogP contribution in [0.3, 0.4) is 0 Å². The highest BCUT2D eigenvalue weighted by Crippen LogP contribution is 2.34. The molecule has 0 bridgehead atoms. The lowest BCUT2D eigenvalue weighted by Crippen LogP contribution is -2.74. The lowest BCUT2D eigenvalue weighted by molar-refractivity contribution is 0.669. The number of nitrogens with zero attached hydrogens (tertiary/aromatic N) is 1. The first kappa shape index (κ1) is 29.5. The Balaban J connectivity index is 1.25. The molecule has 10 rings (SSSR count). The van der Waals surface area contributed by atoms with Crippen LogP contribution in [0.2, 0.25) is 0 Å². The molecule has 0 saturated heterocycles. The summed E-state index contributed by atoms with van der Waals surface area (Å²) in [7, 11) is -2.89. The molecular weight excluding hydrogens is 635 g/mol. The summed E-state index contributed by atoms with van der Waals surface area (Å²) in [6.07, 6.45) is 0. The highest BCUT2D eigenvalue weighted by Gasteiger charge is 2.43. The van der Waals surface area contributed by atoms with E-state index in [0.29, 0.717) is 0 Å². The topological polar surface area (TPSA) is 18.1 Å². The van der Waals surface area contributed by atoms with E-state index in [4.69, 9.17) is 4.42 Å². The maximum Gasteiger partial charge on any atom is 0.180 e. The highest BCUT2D eigenvalue weighted by atomic mass is 28.3. The van der Waals surface area contributed by atoms with Crippen LogP contribution in [0.25, 0.3) is 60.6 Å². The minimum Gasteiger partial charge on any atom is -0.456 e. The van der Waals surface area contributed by atoms with E-state index in [1.54, 1.807) is 0 Å². The predicted molar refractivity (Wildman–Crippen MR) is 217 cm³/mol. The van der Waals surface area contributed by atoms with Gasteiger partial charge in [0, 0.05) is 27.2 Å². The summed E-state index contributed by atoms with van der Waals surface area (Å²) in [5.74, 6) is 0. The van der Waals surface area contributed by atoms with E-state index in [2.05, 4.69) is 193 Å². The summed E-state index contributed by atoms with van der Waals surface area (Å²) in [6, 6.07) is 73.3. The quantitative estimate of drug-likeness (QED) is 0.128. The van der Waals surface area contributed by atoms with Gasteiger partial charge in [-0.05, 0) is 74.3 Å². The molecule has 2 nitrogen and oxygen atoms in total. The number of fused-ring (bicyclic) bond motifs is 6. The largest absolute Gasteiger partial charge is 0.456 e. The average molecular weight is 668 g/mol. The summed E-state index contributed by atoms with van der Waals surface area (Å²) in [5, 5.41) is 10.3. The zero-order valence-corrected chi connectivity index (χ0v) is 28.9. The Bertz CT molecular complexity index is 2800. The molecule has 0 saturated carbocycles. The number of aromatic nitrogens is 1. The van der Waals surface area contributed by atoms with Crippen LogP contribution >= 0.6 is 0 Å². The molecule has 0 atom stereocenters. The number of hydrogen-bond acceptors (Lipinski definition) is 1. The molecule has 0 N–H and O–H groups in total. The fraction of sp³-hybridized carbons (Fsp3) is 0. The normalized spacial score (nSPS) is 11.9. The van der Waals surface area contributed by atoms with E-state index in [9.17, 15) is 0 Å². The first-order valence-corrected chi connectivity index (χ1v) is 19.5. The molecule has 8 aromatic carbocycles. The van der Waals surface area contributed by atoms with Crippen molar-refractivity contribution in [2.45, 2.75) is 0 Å². The van der Waals surface area contributed by atoms with Gasteiger partial charge >= 0.3 is 0 Å². The van der Waals surface area contributed by atoms with Crippen LogP contribution < -0.4 is 20.7 Å². The molecule has 240 valence electrons. The van der Waals surface area contributed by atoms with Crippen molar-refractivity contribution in [3.05, 3.63) is 200 Å². The fourth-order valence-electron chi connectivity index (χ4n) is 8.35. The maximum absolute atomic E-state index is 6.28. The van der Waals surface area contributed by atoms with E-state index in [1.165, 1.54) is 53.8 Å². The number of para-hydroxylation sites is 3. The second kappa shape index (κ2) is 11.9. The Hall–Kier alpha value is -6.42. The van der Waals surface area contributed by atoms with Crippen LogP contribution in [-0.4, -0.2) is 12.6 Å². The van der Waals surface area contributed by atoms with Crippen molar-refractivity contribution >= 4 is 72.6 Å². The van der Waals surface area contributed by atoms with E-state index in [-0.39, 0.29) is 0 Å². The van der Waals surface area contributed by atoms with Crippen molar-refractivity contribution in [3.8, 4) is 16.8 Å². The van der Waals surface area contributed by atoms with Crippen LogP contribution in [0.15, 0.2) is 205 Å². The molecular formula is C48H33NOSi. The molecule has 0 unspecified atom stereocenters. The van der Waals surface area contributed by atoms with Crippen LogP contribution in [0.4, 0.5) is 0 Å². The van der Waals surface area contributed by atoms with Gasteiger partial charge in [-0.1, -0.05) is 158 Å². The SMILES string of the molecule is c1ccc(-n2c3ccccc3c3c([Si](c4ccccc4)(c4ccccc4)c4ccc(-c5ccc6c(c5)oc5ccccc56)cc4)cccc32)cc1. The third-order valence-corrected chi connectivity index (χ3v) is 15.4. The Morgan fingerprint density at radius 1 is 0.373 bits per heavy atom. The average Bonchev–Trinajstić information content (AvgIpc) is 3.75. The molecule has 0 aliphatic heterocycles. The molecule has 0 radical (unpaired) electrons. The summed E-state index contributed by atoms with van der Waals surface area (Å²) >= 11 is 0. The van der Waals surface area contributed by atoms with Crippen molar-refractivity contribution in [3.63, 3.8) is 0 Å². The molecule has 2 aromatic heterocycles. The Labute approximate surface area is 297 Å². The van der Waals surface area contributed by atoms with Gasteiger partial charge in [0.25, 0.3) is 0 Å². The van der Waals surface area contributed by atoms with Crippen molar-refractivity contribution in [1.82, 2.24) is 4.57 Å². The van der Waals surface area contributed by atoms with Crippen LogP contribution in [0.1, 0.15) is 0 Å². The smallest absolute Gasteiger partial charge is 0.180 e. The zero-order valence-electron chi connectivity index (χ0n) is 27.9. The van der Waals surface area contributed by atoms with Crippen molar-refractivity contribution < 1.29 is 4.42 Å². The van der Waals surface area contributed by atoms with E-state index in [1.807, 2.05) is 12.1 Å². The predicted octanol–water partition coefficient (Wildman–Crippen LogP) is 9.73. The van der Waals surface area contributed by atoms with Gasteiger partial charge in [0.15, 0.2) is 8.07 Å². The van der Waals surface area contributed by atoms with Gasteiger partial charge in [0.05, 0.1) is 11.0 Å². The van der Waals surface area contributed by atoms with Gasteiger partial charge in [-0.25, -0.2) is 0 Å². The third kappa shape index (κ3) is 4.56. The third-order valence-electron chi connectivity index (χ3n) is 10.6. The fourth-order valence-corrected chi connectivity index (χ4v) is 13.3. The van der Waals surface area contributed by atoms with E-state index >= 15 is 0 Å². The summed E-state index contributed by atoms with van der Waals surface area (Å²) < 4.78 is 8.71. The van der Waals surface area contributed by atoms with Gasteiger partial charge in [-0.2, -0.15) is 0 Å². The molecule has 0 fully saturated rings. The minimum absolute atomic E-state index is 0.913. The molecule has 0 aliphatic carbocycles. The second-order valence-electron chi connectivity index (χ2n) is 13.3. The molecule has 0 spiro atoms. The van der Waals surface area contributed by atoms with Gasteiger partial charge in [0.2, 0.25) is 0 Å². The van der Waals surface area contributed by atoms with Crippen molar-refractivity contribution in [2.24, 2.45) is 0 Å². The first-order chi connectivity index (χ1) is 25.3. The van der Waals surface area contributed by atoms with Crippen molar-refractivity contribution in [1.29, 1.82) is 0 Å². The lowest BCUT2D eigenvalue weighted by atomic mass is 10.0. The number of benzene rings is 8. The highest BCUT2D eigenvalue weighted by molar-refractivity contribution is 7.20. The Kier molecular flexibility index (Phi) is 6.86. The number of furan rings is 1. The minimum atomic E-state index is -2.89. The maximum atomic E-state index is 6.28. The molecule has 3 heteroatoms. The van der Waals surface area contributed by atoms with Crippen LogP contribution in [-0.2, 0) is 0 Å². The van der Waals surface area contributed by atoms with Gasteiger partial charge in [0.1, 0.15) is 11.2 Å². The number of hydrogen-bond donors (Lipinski definition) is 0. The van der Waals surface area contributed by atoms with Gasteiger partial charge < -0.3 is 8.98 Å². The molecule has 10 aromatic rings. The number of rotatable bonds is 6. The molecule has 0 amide bonds. The molecule has 2 heterocycles. The Morgan fingerprint density at radius 2 is 0.922 bits per heavy atom. The Morgan fingerprint density at radius 3 is 1.65 bits per heavy atom. The van der Waals surface area contributed by atoms with Crippen LogP contribution in [0.5, 0.6) is 0 Å². The van der Waals surface area contributed by atoms with E-state index < -0.39 is 8.07 Å². The monoisotopic (exact) mass is 667 g/mol. The van der Waals surface area contributed by atoms with Crippen LogP contribution in [0, 0.1) is 0 Å². The van der Waals surface area contributed by atoms with Gasteiger partial charge in [-0.3, -0.25) is 0 Å². The summed E-state index contributed by atoms with van der Waals surface area (Å²) in [5.41, 5.74) is 7.75. The van der Waals surface area contributed by atoms with Crippen molar-refractivity contribution in [2.75, 3.05) is 0 Å². The summed E-state index contributed by atoms with van der Waals surface area (Å²) in [4.78, 5) is 0. The molecule has 0 aliphatic rings. The molecule has 51 heavy (non-hydrogen) atoms. The summed E-state index contributed by atoms with van der Waals surface area (Å²) in [6.45, 7) is 0. The van der Waals surface area contributed by atoms with E-state index in [0.717, 1.165) is 27.5 Å².